The number of nitrogens with one attached hydrogen (secondary N) is 1. The number of ether oxygens (including phenoxy) is 2. The number of halogens is 1. The first-order chi connectivity index (χ1) is 16.2. The third kappa shape index (κ3) is 6.86. The monoisotopic (exact) mass is 483 g/mol. The first-order valence-corrected chi connectivity index (χ1v) is 10.9. The first-order valence-electron chi connectivity index (χ1n) is 10.5. The quantitative estimate of drug-likeness (QED) is 0.450. The van der Waals surface area contributed by atoms with Gasteiger partial charge in [-0.15, -0.1) is 0 Å². The van der Waals surface area contributed by atoms with Crippen LogP contribution in [0.1, 0.15) is 23.6 Å². The van der Waals surface area contributed by atoms with Gasteiger partial charge in [-0.25, -0.2) is 4.79 Å². The van der Waals surface area contributed by atoms with Crippen molar-refractivity contribution in [2.45, 2.75) is 19.0 Å². The number of rotatable bonds is 9. The van der Waals surface area contributed by atoms with Crippen molar-refractivity contribution in [2.24, 2.45) is 5.73 Å². The highest BCUT2D eigenvalue weighted by Crippen LogP contribution is 2.23. The molecule has 178 valence electrons. The summed E-state index contributed by atoms with van der Waals surface area (Å²) < 4.78 is 10.4. The molecule has 3 rings (SSSR count). The van der Waals surface area contributed by atoms with Crippen molar-refractivity contribution < 1.29 is 23.9 Å². The van der Waals surface area contributed by atoms with Gasteiger partial charge in [0.25, 0.3) is 5.91 Å². The Kier molecular flexibility index (Phi) is 8.32. The summed E-state index contributed by atoms with van der Waals surface area (Å²) in [7, 11) is 3.26. The largest absolute Gasteiger partial charge is 0.497 e. The molecule has 3 aromatic carbocycles. The van der Waals surface area contributed by atoms with Crippen molar-refractivity contribution in [1.82, 2.24) is 10.2 Å². The summed E-state index contributed by atoms with van der Waals surface area (Å²) in [5.74, 6) is -0.220. The molecule has 1 atom stereocenters. The van der Waals surface area contributed by atoms with E-state index in [1.807, 2.05) is 36.4 Å². The van der Waals surface area contributed by atoms with E-state index in [0.717, 1.165) is 22.1 Å². The molecule has 0 fully saturated rings. The van der Waals surface area contributed by atoms with E-state index in [-0.39, 0.29) is 12.3 Å². The van der Waals surface area contributed by atoms with E-state index in [0.29, 0.717) is 17.1 Å². The van der Waals surface area contributed by atoms with Crippen LogP contribution >= 0.6 is 11.6 Å². The summed E-state index contributed by atoms with van der Waals surface area (Å²) in [6.07, 6.45) is -0.185. The van der Waals surface area contributed by atoms with Gasteiger partial charge >= 0.3 is 12.0 Å². The van der Waals surface area contributed by atoms with Gasteiger partial charge in [-0.3, -0.25) is 9.59 Å². The van der Waals surface area contributed by atoms with Gasteiger partial charge in [0.2, 0.25) is 0 Å². The fourth-order valence-corrected chi connectivity index (χ4v) is 3.58. The SMILES string of the molecule is COc1ccc2cc(CN(C)C(=O)COC(=O)CC(NC(N)=O)c3ccc(Cl)cc3)ccc2c1. The lowest BCUT2D eigenvalue weighted by Crippen LogP contribution is -2.35. The second-order valence-corrected chi connectivity index (χ2v) is 8.21. The summed E-state index contributed by atoms with van der Waals surface area (Å²) in [5.41, 5.74) is 6.80. The van der Waals surface area contributed by atoms with E-state index in [2.05, 4.69) is 5.32 Å². The van der Waals surface area contributed by atoms with Gasteiger partial charge in [0.1, 0.15) is 5.75 Å². The Bertz CT molecular complexity index is 1180. The van der Waals surface area contributed by atoms with Crippen molar-refractivity contribution in [3.8, 4) is 5.75 Å². The fourth-order valence-electron chi connectivity index (χ4n) is 3.46. The van der Waals surface area contributed by atoms with Gasteiger partial charge in [0.05, 0.1) is 19.6 Å². The Hall–Kier alpha value is -3.78. The number of benzene rings is 3. The van der Waals surface area contributed by atoms with E-state index < -0.39 is 24.6 Å². The highest BCUT2D eigenvalue weighted by Gasteiger charge is 2.20. The van der Waals surface area contributed by atoms with Crippen molar-refractivity contribution in [3.05, 3.63) is 76.8 Å². The maximum Gasteiger partial charge on any atom is 0.312 e. The van der Waals surface area contributed by atoms with E-state index in [4.69, 9.17) is 26.8 Å². The number of carbonyl (C=O) groups excluding carboxylic acids is 3. The lowest BCUT2D eigenvalue weighted by Gasteiger charge is -2.19. The average Bonchev–Trinajstić information content (AvgIpc) is 2.81. The molecule has 0 spiro atoms. The molecule has 9 heteroatoms. The predicted octanol–water partition coefficient (Wildman–Crippen LogP) is 3.80. The lowest BCUT2D eigenvalue weighted by atomic mass is 10.0. The summed E-state index contributed by atoms with van der Waals surface area (Å²) in [5, 5.41) is 5.08. The molecule has 1 unspecified atom stereocenters. The van der Waals surface area contributed by atoms with Crippen LogP contribution in [-0.4, -0.2) is 43.6 Å². The Morgan fingerprint density at radius 2 is 1.71 bits per heavy atom. The van der Waals surface area contributed by atoms with Crippen molar-refractivity contribution in [1.29, 1.82) is 0 Å². The number of esters is 1. The Labute approximate surface area is 202 Å². The van der Waals surface area contributed by atoms with Crippen LogP contribution < -0.4 is 15.8 Å². The zero-order valence-electron chi connectivity index (χ0n) is 18.9. The normalized spacial score (nSPS) is 11.5. The summed E-state index contributed by atoms with van der Waals surface area (Å²) in [6, 6.07) is 16.8. The van der Waals surface area contributed by atoms with Crippen LogP contribution in [0.3, 0.4) is 0 Å². The number of primary amides is 1. The number of urea groups is 1. The minimum Gasteiger partial charge on any atom is -0.497 e. The number of hydrogen-bond acceptors (Lipinski definition) is 5. The zero-order chi connectivity index (χ0) is 24.7. The van der Waals surface area contributed by atoms with Gasteiger partial charge in [0.15, 0.2) is 6.61 Å². The standard InChI is InChI=1S/C25H26ClN3O5/c1-29(14-16-3-4-19-12-21(33-2)10-7-18(19)11-16)23(30)15-34-24(31)13-22(28-25(27)32)17-5-8-20(26)9-6-17/h3-12,22H,13-15H2,1-2H3,(H3,27,28,32). The minimum atomic E-state index is -0.780. The molecule has 0 bridgehead atoms. The van der Waals surface area contributed by atoms with Crippen molar-refractivity contribution in [2.75, 3.05) is 20.8 Å². The number of nitrogens with zero attached hydrogens (tertiary/aromatic N) is 1. The lowest BCUT2D eigenvalue weighted by molar-refractivity contribution is -0.152. The van der Waals surface area contributed by atoms with Gasteiger partial charge in [-0.1, -0.05) is 41.9 Å². The Balaban J connectivity index is 1.55. The van der Waals surface area contributed by atoms with Crippen LogP contribution in [0.5, 0.6) is 5.75 Å². The molecule has 0 aromatic heterocycles. The number of hydrogen-bond donors (Lipinski definition) is 2. The highest BCUT2D eigenvalue weighted by atomic mass is 35.5. The number of amides is 3. The highest BCUT2D eigenvalue weighted by molar-refractivity contribution is 6.30. The first kappa shape index (κ1) is 24.9. The van der Waals surface area contributed by atoms with E-state index in [9.17, 15) is 14.4 Å². The predicted molar refractivity (Wildman–Crippen MR) is 129 cm³/mol. The second-order valence-electron chi connectivity index (χ2n) is 7.77. The molecule has 3 amide bonds. The third-order valence-electron chi connectivity index (χ3n) is 5.27. The van der Waals surface area contributed by atoms with Crippen molar-refractivity contribution in [3.63, 3.8) is 0 Å². The second kappa shape index (κ2) is 11.4. The van der Waals surface area contributed by atoms with Crippen LogP contribution in [0.15, 0.2) is 60.7 Å². The number of methoxy groups -OCH3 is 1. The van der Waals surface area contributed by atoms with Gasteiger partial charge in [-0.05, 0) is 52.2 Å². The van der Waals surface area contributed by atoms with Gasteiger partial charge < -0.3 is 25.4 Å². The Morgan fingerprint density at radius 1 is 1.03 bits per heavy atom. The molecule has 0 aliphatic rings. The zero-order valence-corrected chi connectivity index (χ0v) is 19.7. The van der Waals surface area contributed by atoms with Crippen LogP contribution in [0, 0.1) is 0 Å². The van der Waals surface area contributed by atoms with E-state index in [1.54, 1.807) is 38.4 Å². The van der Waals surface area contributed by atoms with Crippen LogP contribution in [0.2, 0.25) is 5.02 Å². The molecule has 0 aliphatic carbocycles. The molecule has 0 heterocycles. The number of carbonyl (C=O) groups is 3. The molecule has 3 aromatic rings. The average molecular weight is 484 g/mol. The molecule has 0 saturated heterocycles. The number of nitrogens with two attached hydrogens (primary N) is 1. The van der Waals surface area contributed by atoms with Crippen LogP contribution in [0.4, 0.5) is 4.79 Å². The molecule has 0 radical (unpaired) electrons. The van der Waals surface area contributed by atoms with Crippen LogP contribution in [-0.2, 0) is 20.9 Å². The summed E-state index contributed by atoms with van der Waals surface area (Å²) in [6.45, 7) is -0.0565. The molecule has 0 aliphatic heterocycles. The topological polar surface area (TPSA) is 111 Å². The van der Waals surface area contributed by atoms with E-state index in [1.165, 1.54) is 4.90 Å². The molecule has 0 saturated carbocycles. The number of likely N-dealkylation sites (N-methyl/N-ethyl adjacent to an activating group) is 1. The number of fused-ring (bicyclic) bond motifs is 1. The maximum atomic E-state index is 12.5. The van der Waals surface area contributed by atoms with Gasteiger partial charge in [0, 0.05) is 18.6 Å². The maximum absolute atomic E-state index is 12.5. The molecule has 3 N–H and O–H groups in total. The molecular weight excluding hydrogens is 458 g/mol. The van der Waals surface area contributed by atoms with E-state index >= 15 is 0 Å². The summed E-state index contributed by atoms with van der Waals surface area (Å²) in [4.78, 5) is 37.7. The smallest absolute Gasteiger partial charge is 0.312 e. The molecular formula is C25H26ClN3O5. The molecule has 34 heavy (non-hydrogen) atoms. The summed E-state index contributed by atoms with van der Waals surface area (Å²) >= 11 is 5.89. The molecule has 8 nitrogen and oxygen atoms in total. The van der Waals surface area contributed by atoms with Crippen molar-refractivity contribution >= 4 is 40.3 Å². The van der Waals surface area contributed by atoms with Crippen LogP contribution in [0.25, 0.3) is 10.8 Å². The fraction of sp³-hybridized carbons (Fsp3) is 0.240. The minimum absolute atomic E-state index is 0.185. The van der Waals surface area contributed by atoms with Gasteiger partial charge in [-0.2, -0.15) is 0 Å². The Morgan fingerprint density at radius 3 is 2.38 bits per heavy atom. The third-order valence-corrected chi connectivity index (χ3v) is 5.53.